The van der Waals surface area contributed by atoms with Crippen LogP contribution < -0.4 is 4.74 Å². The van der Waals surface area contributed by atoms with Crippen LogP contribution in [0.1, 0.15) is 32.3 Å². The summed E-state index contributed by atoms with van der Waals surface area (Å²) in [5.74, 6) is 0.322. The third-order valence-corrected chi connectivity index (χ3v) is 4.85. The van der Waals surface area contributed by atoms with Crippen LogP contribution in [0.3, 0.4) is 0 Å². The van der Waals surface area contributed by atoms with E-state index in [1.54, 1.807) is 7.11 Å². The molecule has 0 N–H and O–H groups in total. The number of carbonyl (C=O) groups is 2. The molecule has 25 heavy (non-hydrogen) atoms. The molecule has 2 atom stereocenters. The molecule has 2 aromatic rings. The van der Waals surface area contributed by atoms with Gasteiger partial charge < -0.3 is 9.47 Å². The van der Waals surface area contributed by atoms with Crippen molar-refractivity contribution in [1.82, 2.24) is 4.90 Å². The summed E-state index contributed by atoms with van der Waals surface area (Å²) in [6.45, 7) is 6.07. The second-order valence-corrected chi connectivity index (χ2v) is 6.79. The number of cyclic esters (lactones) is 1. The van der Waals surface area contributed by atoms with E-state index in [4.69, 9.17) is 9.47 Å². The van der Waals surface area contributed by atoms with E-state index in [9.17, 15) is 9.59 Å². The van der Waals surface area contributed by atoms with E-state index >= 15 is 0 Å². The Morgan fingerprint density at radius 1 is 1.16 bits per heavy atom. The molecule has 2 aromatic carbocycles. The third-order valence-electron chi connectivity index (χ3n) is 4.85. The number of imide groups is 1. The molecule has 5 heteroatoms. The lowest BCUT2D eigenvalue weighted by molar-refractivity contribution is -0.131. The lowest BCUT2D eigenvalue weighted by Gasteiger charge is -2.25. The molecule has 1 heterocycles. The van der Waals surface area contributed by atoms with Crippen molar-refractivity contribution in [3.05, 3.63) is 42.0 Å². The van der Waals surface area contributed by atoms with Crippen molar-refractivity contribution >= 4 is 22.8 Å². The van der Waals surface area contributed by atoms with Crippen molar-refractivity contribution in [3.8, 4) is 5.75 Å². The van der Waals surface area contributed by atoms with Gasteiger partial charge in [-0.15, -0.1) is 0 Å². The van der Waals surface area contributed by atoms with Gasteiger partial charge in [0.2, 0.25) is 5.91 Å². The third kappa shape index (κ3) is 3.18. The first-order chi connectivity index (χ1) is 11.9. The summed E-state index contributed by atoms with van der Waals surface area (Å²) in [4.78, 5) is 26.2. The smallest absolute Gasteiger partial charge is 0.417 e. The highest BCUT2D eigenvalue weighted by atomic mass is 16.6. The molecule has 0 aliphatic carbocycles. The van der Waals surface area contributed by atoms with Crippen molar-refractivity contribution in [1.29, 1.82) is 0 Å². The van der Waals surface area contributed by atoms with Gasteiger partial charge in [0, 0.05) is 0 Å². The number of nitrogens with zero attached hydrogens (tertiary/aromatic N) is 1. The molecule has 0 saturated carbocycles. The maximum absolute atomic E-state index is 12.9. The van der Waals surface area contributed by atoms with Gasteiger partial charge in [-0.2, -0.15) is 0 Å². The molecule has 1 fully saturated rings. The summed E-state index contributed by atoms with van der Waals surface area (Å²) in [6, 6.07) is 11.5. The number of fused-ring (bicyclic) bond motifs is 1. The zero-order chi connectivity index (χ0) is 18.1. The van der Waals surface area contributed by atoms with E-state index in [1.165, 1.54) is 4.90 Å². The van der Waals surface area contributed by atoms with E-state index in [-0.39, 0.29) is 24.5 Å². The quantitative estimate of drug-likeness (QED) is 0.845. The van der Waals surface area contributed by atoms with Gasteiger partial charge in [0.25, 0.3) is 0 Å². The number of hydrogen-bond acceptors (Lipinski definition) is 4. The molecular formula is C20H23NO4. The maximum atomic E-state index is 12.9. The van der Waals surface area contributed by atoms with Crippen LogP contribution in [0.4, 0.5) is 4.79 Å². The molecule has 0 unspecified atom stereocenters. The first kappa shape index (κ1) is 17.3. The number of carbonyl (C=O) groups excluding carboxylic acids is 2. The maximum Gasteiger partial charge on any atom is 0.417 e. The van der Waals surface area contributed by atoms with E-state index < -0.39 is 12.0 Å². The number of hydrogen-bond donors (Lipinski definition) is 0. The number of rotatable bonds is 4. The topological polar surface area (TPSA) is 55.8 Å². The van der Waals surface area contributed by atoms with Gasteiger partial charge >= 0.3 is 6.09 Å². The minimum atomic E-state index is -0.541. The van der Waals surface area contributed by atoms with E-state index in [2.05, 4.69) is 0 Å². The van der Waals surface area contributed by atoms with Crippen LogP contribution in [0, 0.1) is 5.92 Å². The summed E-state index contributed by atoms with van der Waals surface area (Å²) in [5, 5.41) is 2.07. The lowest BCUT2D eigenvalue weighted by Crippen LogP contribution is -2.43. The molecule has 0 spiro atoms. The Labute approximate surface area is 147 Å². The van der Waals surface area contributed by atoms with Crippen LogP contribution in [0.5, 0.6) is 5.75 Å². The zero-order valence-electron chi connectivity index (χ0n) is 15.0. The highest BCUT2D eigenvalue weighted by molar-refractivity contribution is 5.97. The fraction of sp³-hybridized carbons (Fsp3) is 0.400. The molecule has 1 aliphatic rings. The molecule has 1 saturated heterocycles. The first-order valence-electron chi connectivity index (χ1n) is 8.50. The van der Waals surface area contributed by atoms with Crippen molar-refractivity contribution in [2.75, 3.05) is 13.7 Å². The van der Waals surface area contributed by atoms with Crippen molar-refractivity contribution < 1.29 is 19.1 Å². The number of ether oxygens (including phenoxy) is 2. The predicted molar refractivity (Wildman–Crippen MR) is 95.7 cm³/mol. The van der Waals surface area contributed by atoms with Gasteiger partial charge in [0.1, 0.15) is 12.4 Å². The Morgan fingerprint density at radius 3 is 2.52 bits per heavy atom. The van der Waals surface area contributed by atoms with Crippen LogP contribution in [0.2, 0.25) is 0 Å². The molecule has 0 aromatic heterocycles. The molecule has 3 rings (SSSR count). The minimum Gasteiger partial charge on any atom is -0.497 e. The SMILES string of the molecule is COc1ccc2cc([C@H](C)C(=O)N3C(=O)OC[C@H]3C(C)C)ccc2c1. The summed E-state index contributed by atoms with van der Waals surface area (Å²) < 4.78 is 10.3. The molecule has 2 amide bonds. The highest BCUT2D eigenvalue weighted by Gasteiger charge is 2.41. The average molecular weight is 341 g/mol. The van der Waals surface area contributed by atoms with Gasteiger partial charge in [0.15, 0.2) is 0 Å². The first-order valence-corrected chi connectivity index (χ1v) is 8.50. The fourth-order valence-corrected chi connectivity index (χ4v) is 3.17. The van der Waals surface area contributed by atoms with Crippen molar-refractivity contribution in [2.45, 2.75) is 32.7 Å². The summed E-state index contributed by atoms with van der Waals surface area (Å²) >= 11 is 0. The molecule has 0 bridgehead atoms. The van der Waals surface area contributed by atoms with Crippen LogP contribution in [0.15, 0.2) is 36.4 Å². The van der Waals surface area contributed by atoms with E-state index in [1.807, 2.05) is 57.2 Å². The van der Waals surface area contributed by atoms with Gasteiger partial charge in [-0.05, 0) is 41.3 Å². The summed E-state index contributed by atoms with van der Waals surface area (Å²) in [7, 11) is 1.64. The molecule has 1 aliphatic heterocycles. The largest absolute Gasteiger partial charge is 0.497 e. The van der Waals surface area contributed by atoms with Crippen molar-refractivity contribution in [3.63, 3.8) is 0 Å². The Bertz CT molecular complexity index is 814. The summed E-state index contributed by atoms with van der Waals surface area (Å²) in [6.07, 6.45) is -0.541. The molecular weight excluding hydrogens is 318 g/mol. The average Bonchev–Trinajstić information content (AvgIpc) is 3.01. The standard InChI is InChI=1S/C20H23NO4/c1-12(2)18-11-25-20(23)21(18)19(22)13(3)14-5-6-16-10-17(24-4)8-7-15(16)9-14/h5-10,12-13,18H,11H2,1-4H3/t13-,18-/m0/s1. The van der Waals surface area contributed by atoms with Gasteiger partial charge in [-0.25, -0.2) is 9.69 Å². The lowest BCUT2D eigenvalue weighted by atomic mass is 9.95. The highest BCUT2D eigenvalue weighted by Crippen LogP contribution is 2.29. The Hall–Kier alpha value is -2.56. The van der Waals surface area contributed by atoms with Gasteiger partial charge in [-0.3, -0.25) is 4.79 Å². The second kappa shape index (κ2) is 6.75. The predicted octanol–water partition coefficient (Wildman–Crippen LogP) is 3.96. The molecule has 5 nitrogen and oxygen atoms in total. The summed E-state index contributed by atoms with van der Waals surface area (Å²) in [5.41, 5.74) is 0.880. The van der Waals surface area contributed by atoms with Crippen LogP contribution in [0.25, 0.3) is 10.8 Å². The number of methoxy groups -OCH3 is 1. The fourth-order valence-electron chi connectivity index (χ4n) is 3.17. The number of amides is 2. The van der Waals surface area contributed by atoms with Gasteiger partial charge in [0.05, 0.1) is 19.1 Å². The number of benzene rings is 2. The van der Waals surface area contributed by atoms with Crippen LogP contribution in [-0.2, 0) is 9.53 Å². The minimum absolute atomic E-state index is 0.159. The van der Waals surface area contributed by atoms with Gasteiger partial charge in [-0.1, -0.05) is 38.1 Å². The molecule has 0 radical (unpaired) electrons. The van der Waals surface area contributed by atoms with Crippen LogP contribution in [-0.4, -0.2) is 36.7 Å². The molecule has 132 valence electrons. The van der Waals surface area contributed by atoms with E-state index in [0.717, 1.165) is 22.1 Å². The van der Waals surface area contributed by atoms with E-state index in [0.29, 0.717) is 0 Å². The monoisotopic (exact) mass is 341 g/mol. The Morgan fingerprint density at radius 2 is 1.84 bits per heavy atom. The second-order valence-electron chi connectivity index (χ2n) is 6.79. The Kier molecular flexibility index (Phi) is 4.66. The van der Waals surface area contributed by atoms with Crippen LogP contribution >= 0.6 is 0 Å². The Balaban J connectivity index is 1.89. The zero-order valence-corrected chi connectivity index (χ0v) is 15.0. The van der Waals surface area contributed by atoms with Crippen molar-refractivity contribution in [2.24, 2.45) is 5.92 Å². The normalized spacial score (nSPS) is 18.5.